The molecule has 136 valence electrons. The van der Waals surface area contributed by atoms with Gasteiger partial charge in [-0.25, -0.2) is 4.79 Å². The van der Waals surface area contributed by atoms with Gasteiger partial charge in [-0.2, -0.15) is 0 Å². The summed E-state index contributed by atoms with van der Waals surface area (Å²) >= 11 is 0. The number of H-pyrrole nitrogens is 1. The molecular formula is C19H21N3O4. The predicted octanol–water partition coefficient (Wildman–Crippen LogP) is 3.07. The van der Waals surface area contributed by atoms with Gasteiger partial charge in [-0.3, -0.25) is 9.89 Å². The molecule has 0 bridgehead atoms. The molecule has 0 saturated carbocycles. The van der Waals surface area contributed by atoms with E-state index in [9.17, 15) is 9.59 Å². The van der Waals surface area contributed by atoms with Gasteiger partial charge in [0.25, 0.3) is 5.56 Å². The number of nitrogens with zero attached hydrogens (tertiary/aromatic N) is 2. The van der Waals surface area contributed by atoms with Gasteiger partial charge in [-0.15, -0.1) is 4.68 Å². The number of rotatable bonds is 1. The Morgan fingerprint density at radius 2 is 2.00 bits per heavy atom. The number of carbonyl (C=O) groups excluding carboxylic acids is 1. The summed E-state index contributed by atoms with van der Waals surface area (Å²) in [5.41, 5.74) is 4.01. The van der Waals surface area contributed by atoms with Crippen molar-refractivity contribution in [2.45, 2.75) is 26.2 Å². The van der Waals surface area contributed by atoms with Crippen LogP contribution in [0.4, 0.5) is 10.5 Å². The molecule has 0 amide bonds. The first-order valence-electron chi connectivity index (χ1n) is 8.15. The normalized spacial score (nSPS) is 13.1. The lowest BCUT2D eigenvalue weighted by Crippen LogP contribution is -2.25. The largest absolute Gasteiger partial charge is 0.451 e. The van der Waals surface area contributed by atoms with Gasteiger partial charge in [0, 0.05) is 18.5 Å². The summed E-state index contributed by atoms with van der Waals surface area (Å²) in [4.78, 5) is 26.3. The highest BCUT2D eigenvalue weighted by atomic mass is 16.5. The van der Waals surface area contributed by atoms with Crippen molar-refractivity contribution in [2.24, 2.45) is 0 Å². The van der Waals surface area contributed by atoms with E-state index in [2.05, 4.69) is 15.6 Å². The number of anilines is 1. The van der Waals surface area contributed by atoms with Crippen molar-refractivity contribution in [3.05, 3.63) is 57.5 Å². The number of benzene rings is 1. The van der Waals surface area contributed by atoms with Crippen LogP contribution in [0.2, 0.25) is 0 Å². The second-order valence-electron chi connectivity index (χ2n) is 6.98. The minimum Gasteiger partial charge on any atom is -0.451 e. The van der Waals surface area contributed by atoms with Crippen LogP contribution in [0.25, 0.3) is 6.08 Å². The number of ether oxygens (including phenoxy) is 2. The van der Waals surface area contributed by atoms with E-state index in [0.717, 1.165) is 16.1 Å². The van der Waals surface area contributed by atoms with Crippen molar-refractivity contribution >= 4 is 17.9 Å². The van der Waals surface area contributed by atoms with E-state index in [1.54, 1.807) is 0 Å². The minimum atomic E-state index is -0.769. The molecule has 3 rings (SSSR count). The number of methoxy groups -OCH3 is 1. The molecule has 26 heavy (non-hydrogen) atoms. The Morgan fingerprint density at radius 3 is 2.62 bits per heavy atom. The summed E-state index contributed by atoms with van der Waals surface area (Å²) in [7, 11) is 3.08. The maximum absolute atomic E-state index is 12.6. The second-order valence-corrected chi connectivity index (χ2v) is 6.98. The Labute approximate surface area is 151 Å². The van der Waals surface area contributed by atoms with Gasteiger partial charge < -0.3 is 14.4 Å². The molecular weight excluding hydrogens is 334 g/mol. The zero-order valence-electron chi connectivity index (χ0n) is 15.4. The third-order valence-electron chi connectivity index (χ3n) is 4.11. The van der Waals surface area contributed by atoms with Crippen LogP contribution in [0.3, 0.4) is 0 Å². The van der Waals surface area contributed by atoms with Crippen molar-refractivity contribution in [3.63, 3.8) is 0 Å². The summed E-state index contributed by atoms with van der Waals surface area (Å²) in [6.07, 6.45) is 0.769. The molecule has 1 aromatic carbocycles. The molecule has 2 heterocycles. The Bertz CT molecular complexity index is 985. The van der Waals surface area contributed by atoms with Crippen LogP contribution >= 0.6 is 0 Å². The monoisotopic (exact) mass is 355 g/mol. The Morgan fingerprint density at radius 1 is 1.31 bits per heavy atom. The van der Waals surface area contributed by atoms with Crippen LogP contribution in [0.1, 0.15) is 32.0 Å². The van der Waals surface area contributed by atoms with Crippen LogP contribution < -0.4 is 15.2 Å². The number of carbonyl (C=O) groups is 1. The summed E-state index contributed by atoms with van der Waals surface area (Å²) in [6, 6.07) is 7.61. The third kappa shape index (κ3) is 2.93. The molecule has 7 heteroatoms. The van der Waals surface area contributed by atoms with Crippen molar-refractivity contribution in [1.82, 2.24) is 9.78 Å². The quantitative estimate of drug-likeness (QED) is 0.796. The van der Waals surface area contributed by atoms with E-state index in [-0.39, 0.29) is 5.41 Å². The average molecular weight is 355 g/mol. The first kappa shape index (κ1) is 17.6. The van der Waals surface area contributed by atoms with Crippen LogP contribution in [0, 0.1) is 0 Å². The molecule has 0 atom stereocenters. The minimum absolute atomic E-state index is 0.336. The lowest BCUT2D eigenvalue weighted by Gasteiger charge is -2.17. The first-order chi connectivity index (χ1) is 12.2. The van der Waals surface area contributed by atoms with Gasteiger partial charge in [-0.1, -0.05) is 38.6 Å². The molecule has 0 spiro atoms. The molecule has 0 saturated heterocycles. The topological polar surface area (TPSA) is 76.6 Å². The lowest BCUT2D eigenvalue weighted by molar-refractivity contribution is 0.168. The second kappa shape index (κ2) is 6.28. The molecule has 0 radical (unpaired) electrons. The van der Waals surface area contributed by atoms with Gasteiger partial charge in [-0.05, 0) is 12.1 Å². The summed E-state index contributed by atoms with van der Waals surface area (Å²) in [6.45, 7) is 5.83. The highest BCUT2D eigenvalue weighted by molar-refractivity contribution is 5.71. The highest BCUT2D eigenvalue weighted by Gasteiger charge is 2.26. The van der Waals surface area contributed by atoms with E-state index < -0.39 is 11.7 Å². The number of aromatic amines is 1. The number of para-hydroxylation sites is 2. The molecule has 0 fully saturated rings. The van der Waals surface area contributed by atoms with Crippen molar-refractivity contribution in [3.8, 4) is 5.75 Å². The van der Waals surface area contributed by atoms with E-state index >= 15 is 0 Å². The van der Waals surface area contributed by atoms with Crippen LogP contribution in [0.5, 0.6) is 5.75 Å². The van der Waals surface area contributed by atoms with Crippen LogP contribution in [0.15, 0.2) is 40.7 Å². The Hall–Kier alpha value is -3.18. The average Bonchev–Trinajstić information content (AvgIpc) is 3.10. The number of hydrogen-bond donors (Lipinski definition) is 1. The molecule has 2 aromatic rings. The van der Waals surface area contributed by atoms with Crippen molar-refractivity contribution in [2.75, 3.05) is 19.1 Å². The van der Waals surface area contributed by atoms with E-state index in [4.69, 9.17) is 4.74 Å². The Kier molecular flexibility index (Phi) is 4.26. The third-order valence-corrected chi connectivity index (χ3v) is 4.11. The zero-order valence-corrected chi connectivity index (χ0v) is 15.4. The van der Waals surface area contributed by atoms with Gasteiger partial charge in [0.1, 0.15) is 0 Å². The van der Waals surface area contributed by atoms with Crippen molar-refractivity contribution < 1.29 is 14.3 Å². The Balaban J connectivity index is 2.11. The predicted molar refractivity (Wildman–Crippen MR) is 98.5 cm³/mol. The van der Waals surface area contributed by atoms with Gasteiger partial charge in [0.15, 0.2) is 5.75 Å². The fraction of sp³-hybridized carbons (Fsp3) is 0.316. The number of nitrogens with one attached hydrogen (secondary N) is 1. The van der Waals surface area contributed by atoms with E-state index in [1.165, 1.54) is 13.2 Å². The number of aromatic nitrogens is 2. The zero-order chi connectivity index (χ0) is 19.1. The summed E-state index contributed by atoms with van der Waals surface area (Å²) < 4.78 is 11.3. The molecule has 0 aliphatic carbocycles. The fourth-order valence-corrected chi connectivity index (χ4v) is 2.74. The van der Waals surface area contributed by atoms with Crippen LogP contribution in [-0.4, -0.2) is 30.0 Å². The molecule has 1 aromatic heterocycles. The molecule has 0 unspecified atom stereocenters. The number of hydrogen-bond acceptors (Lipinski definition) is 5. The van der Waals surface area contributed by atoms with E-state index in [1.807, 2.05) is 57.0 Å². The number of fused-ring (bicyclic) bond motifs is 1. The first-order valence-corrected chi connectivity index (χ1v) is 8.15. The van der Waals surface area contributed by atoms with Gasteiger partial charge in [0.05, 0.1) is 24.1 Å². The molecule has 7 nitrogen and oxygen atoms in total. The maximum Gasteiger partial charge on any atom is 0.435 e. The highest BCUT2D eigenvalue weighted by Crippen LogP contribution is 2.36. The maximum atomic E-state index is 12.6. The van der Waals surface area contributed by atoms with Crippen LogP contribution in [-0.2, 0) is 10.2 Å². The molecule has 1 N–H and O–H groups in total. The SMILES string of the molecule is COC(=O)n1[nH]c(C(C)(C)C)c(C=C=C2Oc3ccccc3N2C)c1=O. The summed E-state index contributed by atoms with van der Waals surface area (Å²) in [5.74, 6) is 1.19. The lowest BCUT2D eigenvalue weighted by atomic mass is 9.89. The smallest absolute Gasteiger partial charge is 0.435 e. The fourth-order valence-electron chi connectivity index (χ4n) is 2.74. The molecule has 1 aliphatic heterocycles. The van der Waals surface area contributed by atoms with Gasteiger partial charge >= 0.3 is 6.09 Å². The standard InChI is InChI=1S/C19H21N3O4/c1-19(2,3)16-12(17(23)22(20-16)18(24)25-5)10-11-15-21(4)13-8-6-7-9-14(13)26-15/h6-10,20H,1-5H3. The van der Waals surface area contributed by atoms with E-state index in [0.29, 0.717) is 17.1 Å². The summed E-state index contributed by atoms with van der Waals surface area (Å²) in [5, 5.41) is 2.84. The van der Waals surface area contributed by atoms with Crippen molar-refractivity contribution in [1.29, 1.82) is 0 Å². The molecule has 1 aliphatic rings. The van der Waals surface area contributed by atoms with Gasteiger partial charge in [0.2, 0.25) is 5.88 Å².